The summed E-state index contributed by atoms with van der Waals surface area (Å²) in [6, 6.07) is 7.76. The number of hydrogen-bond acceptors (Lipinski definition) is 3. The zero-order chi connectivity index (χ0) is 15.2. The van der Waals surface area contributed by atoms with E-state index in [1.165, 1.54) is 0 Å². The molecule has 0 aromatic heterocycles. The molecule has 0 radical (unpaired) electrons. The molecule has 1 saturated heterocycles. The number of para-hydroxylation sites is 2. The zero-order valence-corrected chi connectivity index (χ0v) is 12.7. The lowest BCUT2D eigenvalue weighted by atomic mass is 10.1. The molecule has 0 spiro atoms. The maximum atomic E-state index is 12.4. The second-order valence-corrected chi connectivity index (χ2v) is 5.78. The Morgan fingerprint density at radius 2 is 1.95 bits per heavy atom. The Bertz CT molecular complexity index is 440. The van der Waals surface area contributed by atoms with Crippen LogP contribution in [0.25, 0.3) is 0 Å². The van der Waals surface area contributed by atoms with Crippen molar-refractivity contribution < 1.29 is 13.5 Å². The van der Waals surface area contributed by atoms with E-state index in [9.17, 15) is 8.78 Å². The van der Waals surface area contributed by atoms with E-state index in [1.54, 1.807) is 18.2 Å². The minimum absolute atomic E-state index is 0.220. The van der Waals surface area contributed by atoms with Gasteiger partial charge in [0.25, 0.3) is 0 Å². The molecular weight excluding hydrogens is 274 g/mol. The molecule has 0 bridgehead atoms. The Hall–Kier alpha value is -1.36. The summed E-state index contributed by atoms with van der Waals surface area (Å²) in [5, 5.41) is 3.37. The van der Waals surface area contributed by atoms with Crippen LogP contribution in [0.4, 0.5) is 14.5 Å². The summed E-state index contributed by atoms with van der Waals surface area (Å²) in [6.07, 6.45) is 3.18. The molecule has 0 saturated carbocycles. The molecule has 0 amide bonds. The van der Waals surface area contributed by atoms with E-state index in [1.807, 2.05) is 6.07 Å². The van der Waals surface area contributed by atoms with Crippen molar-refractivity contribution in [2.24, 2.45) is 0 Å². The molecule has 21 heavy (non-hydrogen) atoms. The maximum Gasteiger partial charge on any atom is 0.387 e. The van der Waals surface area contributed by atoms with Crippen molar-refractivity contribution in [2.75, 3.05) is 18.4 Å². The third-order valence-corrected chi connectivity index (χ3v) is 3.96. The number of nitrogens with one attached hydrogen (secondary N) is 1. The molecule has 1 aliphatic rings. The number of rotatable bonds is 5. The molecule has 1 aromatic carbocycles. The lowest BCUT2D eigenvalue weighted by Crippen LogP contribution is -2.32. The summed E-state index contributed by atoms with van der Waals surface area (Å²) in [5.41, 5.74) is 0.654. The summed E-state index contributed by atoms with van der Waals surface area (Å²) >= 11 is 0. The Morgan fingerprint density at radius 1 is 1.19 bits per heavy atom. The van der Waals surface area contributed by atoms with Gasteiger partial charge in [-0.05, 0) is 51.8 Å². The zero-order valence-electron chi connectivity index (χ0n) is 12.7. The van der Waals surface area contributed by atoms with Crippen molar-refractivity contribution in [2.45, 2.75) is 51.8 Å². The van der Waals surface area contributed by atoms with Crippen LogP contribution in [0.1, 0.15) is 33.1 Å². The Labute approximate surface area is 125 Å². The van der Waals surface area contributed by atoms with Gasteiger partial charge < -0.3 is 15.0 Å². The largest absolute Gasteiger partial charge is 0.433 e. The van der Waals surface area contributed by atoms with E-state index < -0.39 is 6.61 Å². The van der Waals surface area contributed by atoms with Crippen LogP contribution in [0.2, 0.25) is 0 Å². The number of nitrogens with zero attached hydrogens (tertiary/aromatic N) is 1. The van der Waals surface area contributed by atoms with Gasteiger partial charge in [0.15, 0.2) is 0 Å². The van der Waals surface area contributed by atoms with Gasteiger partial charge in [0.1, 0.15) is 5.75 Å². The molecule has 5 heteroatoms. The molecular formula is C16H24F2N2O. The standard InChI is InChI=1S/C16H24F2N2O/c1-12(2)20-10-5-6-13(9-11-20)19-14-7-3-4-8-15(14)21-16(17)18/h3-4,7-8,12-13,16,19H,5-6,9-11H2,1-2H3. The van der Waals surface area contributed by atoms with E-state index in [4.69, 9.17) is 0 Å². The van der Waals surface area contributed by atoms with Gasteiger partial charge in [0.2, 0.25) is 0 Å². The Kier molecular flexibility index (Phi) is 5.79. The fourth-order valence-corrected chi connectivity index (χ4v) is 2.78. The van der Waals surface area contributed by atoms with E-state index in [0.717, 1.165) is 32.4 Å². The van der Waals surface area contributed by atoms with Crippen molar-refractivity contribution in [1.82, 2.24) is 4.90 Å². The molecule has 118 valence electrons. The molecule has 2 rings (SSSR count). The average molecular weight is 298 g/mol. The highest BCUT2D eigenvalue weighted by Gasteiger charge is 2.19. The van der Waals surface area contributed by atoms with Crippen LogP contribution in [0.15, 0.2) is 24.3 Å². The van der Waals surface area contributed by atoms with Gasteiger partial charge in [-0.15, -0.1) is 0 Å². The van der Waals surface area contributed by atoms with Crippen LogP contribution in [-0.2, 0) is 0 Å². The highest BCUT2D eigenvalue weighted by Crippen LogP contribution is 2.28. The van der Waals surface area contributed by atoms with Gasteiger partial charge in [-0.25, -0.2) is 0 Å². The van der Waals surface area contributed by atoms with Crippen LogP contribution in [0.5, 0.6) is 5.75 Å². The monoisotopic (exact) mass is 298 g/mol. The number of likely N-dealkylation sites (tertiary alicyclic amines) is 1. The molecule has 1 N–H and O–H groups in total. The molecule has 1 aromatic rings. The number of alkyl halides is 2. The average Bonchev–Trinajstić information content (AvgIpc) is 2.66. The van der Waals surface area contributed by atoms with Crippen LogP contribution in [-0.4, -0.2) is 36.7 Å². The first-order chi connectivity index (χ1) is 10.1. The number of hydrogen-bond donors (Lipinski definition) is 1. The van der Waals surface area contributed by atoms with Crippen molar-refractivity contribution in [3.63, 3.8) is 0 Å². The molecule has 1 fully saturated rings. The molecule has 1 atom stereocenters. The van der Waals surface area contributed by atoms with Gasteiger partial charge in [-0.2, -0.15) is 8.78 Å². The van der Waals surface area contributed by atoms with Gasteiger partial charge >= 0.3 is 6.61 Å². The quantitative estimate of drug-likeness (QED) is 0.890. The Balaban J connectivity index is 1.98. The Morgan fingerprint density at radius 3 is 2.67 bits per heavy atom. The lowest BCUT2D eigenvalue weighted by Gasteiger charge is -2.24. The second kappa shape index (κ2) is 7.59. The van der Waals surface area contributed by atoms with E-state index in [0.29, 0.717) is 17.8 Å². The van der Waals surface area contributed by atoms with Crippen molar-refractivity contribution >= 4 is 5.69 Å². The molecule has 1 unspecified atom stereocenters. The van der Waals surface area contributed by atoms with Gasteiger partial charge in [0.05, 0.1) is 5.69 Å². The summed E-state index contributed by atoms with van der Waals surface area (Å²) in [5.74, 6) is 0.220. The summed E-state index contributed by atoms with van der Waals surface area (Å²) in [4.78, 5) is 2.46. The van der Waals surface area contributed by atoms with E-state index in [2.05, 4.69) is 28.8 Å². The van der Waals surface area contributed by atoms with Crippen LogP contribution >= 0.6 is 0 Å². The highest BCUT2D eigenvalue weighted by molar-refractivity contribution is 5.56. The first-order valence-electron chi connectivity index (χ1n) is 7.60. The maximum absolute atomic E-state index is 12.4. The van der Waals surface area contributed by atoms with Crippen LogP contribution in [0, 0.1) is 0 Å². The van der Waals surface area contributed by atoms with Crippen molar-refractivity contribution in [1.29, 1.82) is 0 Å². The summed E-state index contributed by atoms with van der Waals surface area (Å²) < 4.78 is 29.4. The van der Waals surface area contributed by atoms with Crippen LogP contribution in [0.3, 0.4) is 0 Å². The topological polar surface area (TPSA) is 24.5 Å². The number of benzene rings is 1. The molecule has 3 nitrogen and oxygen atoms in total. The highest BCUT2D eigenvalue weighted by atomic mass is 19.3. The summed E-state index contributed by atoms with van der Waals surface area (Å²) in [6.45, 7) is 3.76. The first-order valence-corrected chi connectivity index (χ1v) is 7.60. The number of ether oxygens (including phenoxy) is 1. The fraction of sp³-hybridized carbons (Fsp3) is 0.625. The minimum Gasteiger partial charge on any atom is -0.433 e. The van der Waals surface area contributed by atoms with E-state index in [-0.39, 0.29) is 5.75 Å². The molecule has 0 aliphatic carbocycles. The number of anilines is 1. The van der Waals surface area contributed by atoms with Crippen LogP contribution < -0.4 is 10.1 Å². The fourth-order valence-electron chi connectivity index (χ4n) is 2.78. The third kappa shape index (κ3) is 4.84. The third-order valence-electron chi connectivity index (χ3n) is 3.96. The normalized spacial score (nSPS) is 20.6. The van der Waals surface area contributed by atoms with Gasteiger partial charge in [-0.1, -0.05) is 12.1 Å². The van der Waals surface area contributed by atoms with E-state index >= 15 is 0 Å². The summed E-state index contributed by atoms with van der Waals surface area (Å²) in [7, 11) is 0. The minimum atomic E-state index is -2.79. The second-order valence-electron chi connectivity index (χ2n) is 5.78. The molecule has 1 heterocycles. The smallest absolute Gasteiger partial charge is 0.387 e. The molecule has 1 aliphatic heterocycles. The first kappa shape index (κ1) is 16.0. The number of halogens is 2. The SMILES string of the molecule is CC(C)N1CCCC(Nc2ccccc2OC(F)F)CC1. The van der Waals surface area contributed by atoms with Gasteiger partial charge in [-0.3, -0.25) is 0 Å². The van der Waals surface area contributed by atoms with Gasteiger partial charge in [0, 0.05) is 18.6 Å². The lowest BCUT2D eigenvalue weighted by molar-refractivity contribution is -0.0493. The predicted octanol–water partition coefficient (Wildman–Crippen LogP) is 3.96. The van der Waals surface area contributed by atoms with Crippen molar-refractivity contribution in [3.8, 4) is 5.75 Å². The predicted molar refractivity (Wildman–Crippen MR) is 81.0 cm³/mol. The van der Waals surface area contributed by atoms with Crippen molar-refractivity contribution in [3.05, 3.63) is 24.3 Å².